The van der Waals surface area contributed by atoms with Crippen molar-refractivity contribution in [3.63, 3.8) is 0 Å². The smallest absolute Gasteiger partial charge is 0.316 e. The van der Waals surface area contributed by atoms with Crippen molar-refractivity contribution in [1.29, 1.82) is 0 Å². The highest BCUT2D eigenvalue weighted by Crippen LogP contribution is 1.87. The Morgan fingerprint density at radius 2 is 2.19 bits per heavy atom. The average molecular weight is 223 g/mol. The van der Waals surface area contributed by atoms with Crippen LogP contribution in [0.1, 0.15) is 5.69 Å². The second kappa shape index (κ2) is 6.73. The third-order valence-corrected chi connectivity index (χ3v) is 1.91. The lowest BCUT2D eigenvalue weighted by Crippen LogP contribution is -2.38. The Balaban J connectivity index is 2.07. The van der Waals surface area contributed by atoms with Gasteiger partial charge in [0.15, 0.2) is 0 Å². The second-order valence-corrected chi connectivity index (χ2v) is 3.50. The molecule has 0 aromatic carbocycles. The van der Waals surface area contributed by atoms with Gasteiger partial charge in [-0.2, -0.15) is 0 Å². The molecule has 2 N–H and O–H groups in total. The monoisotopic (exact) mass is 223 g/mol. The Morgan fingerprint density at radius 3 is 2.81 bits per heavy atom. The van der Waals surface area contributed by atoms with E-state index in [2.05, 4.69) is 20.6 Å². The minimum Gasteiger partial charge on any atom is -0.337 e. The molecule has 0 atom stereocenters. The topological polar surface area (TPSA) is 70.2 Å². The minimum atomic E-state index is -0.0821. The van der Waals surface area contributed by atoms with Crippen molar-refractivity contribution < 1.29 is 4.79 Å². The van der Waals surface area contributed by atoms with E-state index >= 15 is 0 Å². The summed E-state index contributed by atoms with van der Waals surface area (Å²) < 4.78 is 0. The van der Waals surface area contributed by atoms with Crippen molar-refractivity contribution in [2.24, 2.45) is 0 Å². The number of nitrogens with zero attached hydrogens (tertiary/aromatic N) is 3. The van der Waals surface area contributed by atoms with Crippen molar-refractivity contribution in [2.45, 2.75) is 6.54 Å². The van der Waals surface area contributed by atoms with Crippen molar-refractivity contribution in [3.05, 3.63) is 24.3 Å². The van der Waals surface area contributed by atoms with E-state index in [0.29, 0.717) is 19.6 Å². The lowest BCUT2D eigenvalue weighted by molar-refractivity contribution is 0.217. The Hall–Kier alpha value is -1.69. The van der Waals surface area contributed by atoms with Gasteiger partial charge in [-0.05, 0) is 0 Å². The molecule has 0 aliphatic rings. The summed E-state index contributed by atoms with van der Waals surface area (Å²) in [6.45, 7) is 1.96. The lowest BCUT2D eigenvalue weighted by atomic mass is 10.4. The van der Waals surface area contributed by atoms with Crippen LogP contribution in [-0.2, 0) is 6.54 Å². The fourth-order valence-corrected chi connectivity index (χ4v) is 1.05. The number of carbonyl (C=O) groups excluding carboxylic acids is 1. The predicted molar refractivity (Wildman–Crippen MR) is 60.8 cm³/mol. The van der Waals surface area contributed by atoms with Gasteiger partial charge in [0.2, 0.25) is 0 Å². The quantitative estimate of drug-likeness (QED) is 0.680. The van der Waals surface area contributed by atoms with Gasteiger partial charge in [0, 0.05) is 52.3 Å². The molecular weight excluding hydrogens is 206 g/mol. The van der Waals surface area contributed by atoms with E-state index in [0.717, 1.165) is 5.69 Å². The molecule has 16 heavy (non-hydrogen) atoms. The average Bonchev–Trinajstić information content (AvgIpc) is 2.29. The molecule has 0 fully saturated rings. The van der Waals surface area contributed by atoms with Crippen LogP contribution in [0.3, 0.4) is 0 Å². The Bertz CT molecular complexity index is 314. The molecule has 0 radical (unpaired) electrons. The van der Waals surface area contributed by atoms with Crippen LogP contribution in [0.5, 0.6) is 0 Å². The molecule has 0 unspecified atom stereocenters. The number of aromatic nitrogens is 2. The molecule has 0 spiro atoms. The van der Waals surface area contributed by atoms with Crippen LogP contribution in [-0.4, -0.2) is 48.1 Å². The number of nitrogens with one attached hydrogen (secondary N) is 2. The molecule has 1 rings (SSSR count). The highest BCUT2D eigenvalue weighted by Gasteiger charge is 2.00. The molecule has 0 aliphatic heterocycles. The molecule has 2 amide bonds. The van der Waals surface area contributed by atoms with Gasteiger partial charge in [0.05, 0.1) is 5.69 Å². The van der Waals surface area contributed by atoms with Crippen LogP contribution >= 0.6 is 0 Å². The maximum atomic E-state index is 11.1. The molecule has 88 valence electrons. The second-order valence-electron chi connectivity index (χ2n) is 3.50. The zero-order valence-corrected chi connectivity index (χ0v) is 9.60. The van der Waals surface area contributed by atoms with Gasteiger partial charge < -0.3 is 15.5 Å². The van der Waals surface area contributed by atoms with Gasteiger partial charge in [-0.1, -0.05) is 0 Å². The summed E-state index contributed by atoms with van der Waals surface area (Å²) in [6.07, 6.45) is 5.01. The molecule has 6 heteroatoms. The normalized spacial score (nSPS) is 9.88. The third kappa shape index (κ3) is 4.70. The molecule has 0 saturated carbocycles. The van der Waals surface area contributed by atoms with Gasteiger partial charge in [-0.25, -0.2) is 4.79 Å². The molecular formula is C10H17N5O. The van der Waals surface area contributed by atoms with E-state index in [4.69, 9.17) is 0 Å². The molecule has 0 saturated heterocycles. The van der Waals surface area contributed by atoms with E-state index in [1.165, 1.54) is 4.90 Å². The van der Waals surface area contributed by atoms with Crippen molar-refractivity contribution in [1.82, 2.24) is 25.5 Å². The number of urea groups is 1. The molecule has 1 heterocycles. The van der Waals surface area contributed by atoms with Gasteiger partial charge in [0.25, 0.3) is 0 Å². The third-order valence-electron chi connectivity index (χ3n) is 1.91. The standard InChI is InChI=1S/C10H17N5O/c1-15(2)10(16)14-6-4-12-8-9-7-11-3-5-13-9/h3,5,7,12H,4,6,8H2,1-2H3,(H,14,16). The lowest BCUT2D eigenvalue weighted by Gasteiger charge is -2.11. The minimum absolute atomic E-state index is 0.0821. The van der Waals surface area contributed by atoms with Crippen molar-refractivity contribution >= 4 is 6.03 Å². The van der Waals surface area contributed by atoms with Crippen LogP contribution < -0.4 is 10.6 Å². The first kappa shape index (κ1) is 12.4. The SMILES string of the molecule is CN(C)C(=O)NCCNCc1cnccn1. The van der Waals surface area contributed by atoms with E-state index < -0.39 is 0 Å². The zero-order valence-electron chi connectivity index (χ0n) is 9.60. The van der Waals surface area contributed by atoms with Crippen molar-refractivity contribution in [3.8, 4) is 0 Å². The van der Waals surface area contributed by atoms with Gasteiger partial charge in [-0.3, -0.25) is 9.97 Å². The summed E-state index contributed by atoms with van der Waals surface area (Å²) in [5.41, 5.74) is 0.890. The number of rotatable bonds is 5. The number of hydrogen-bond acceptors (Lipinski definition) is 4. The number of carbonyl (C=O) groups is 1. The summed E-state index contributed by atoms with van der Waals surface area (Å²) in [5, 5.41) is 5.92. The summed E-state index contributed by atoms with van der Waals surface area (Å²) in [7, 11) is 3.42. The molecule has 0 aliphatic carbocycles. The molecule has 1 aromatic rings. The summed E-state index contributed by atoms with van der Waals surface area (Å²) in [4.78, 5) is 20.7. The van der Waals surface area contributed by atoms with Gasteiger partial charge in [-0.15, -0.1) is 0 Å². The maximum Gasteiger partial charge on any atom is 0.316 e. The highest BCUT2D eigenvalue weighted by atomic mass is 16.2. The van der Waals surface area contributed by atoms with E-state index in [1.807, 2.05) is 0 Å². The van der Waals surface area contributed by atoms with Crippen LogP contribution in [0.25, 0.3) is 0 Å². The fraction of sp³-hybridized carbons (Fsp3) is 0.500. The largest absolute Gasteiger partial charge is 0.337 e. The van der Waals surface area contributed by atoms with E-state index in [1.54, 1.807) is 32.7 Å². The van der Waals surface area contributed by atoms with Crippen LogP contribution in [0.4, 0.5) is 4.79 Å². The Morgan fingerprint density at radius 1 is 1.38 bits per heavy atom. The molecule has 1 aromatic heterocycles. The fourth-order valence-electron chi connectivity index (χ4n) is 1.05. The molecule has 6 nitrogen and oxygen atoms in total. The van der Waals surface area contributed by atoms with E-state index in [9.17, 15) is 4.79 Å². The Labute approximate surface area is 95.1 Å². The van der Waals surface area contributed by atoms with Crippen LogP contribution in [0.2, 0.25) is 0 Å². The van der Waals surface area contributed by atoms with E-state index in [-0.39, 0.29) is 6.03 Å². The number of amides is 2. The van der Waals surface area contributed by atoms with Crippen molar-refractivity contribution in [2.75, 3.05) is 27.2 Å². The summed E-state index contributed by atoms with van der Waals surface area (Å²) >= 11 is 0. The summed E-state index contributed by atoms with van der Waals surface area (Å²) in [5.74, 6) is 0. The Kier molecular flexibility index (Phi) is 5.21. The first-order valence-corrected chi connectivity index (χ1v) is 5.11. The van der Waals surface area contributed by atoms with Crippen LogP contribution in [0, 0.1) is 0 Å². The first-order chi connectivity index (χ1) is 7.70. The zero-order chi connectivity index (χ0) is 11.8. The first-order valence-electron chi connectivity index (χ1n) is 5.11. The molecule has 0 bridgehead atoms. The van der Waals surface area contributed by atoms with Crippen LogP contribution in [0.15, 0.2) is 18.6 Å². The van der Waals surface area contributed by atoms with Gasteiger partial charge >= 0.3 is 6.03 Å². The van der Waals surface area contributed by atoms with Gasteiger partial charge in [0.1, 0.15) is 0 Å². The number of hydrogen-bond donors (Lipinski definition) is 2. The highest BCUT2D eigenvalue weighted by molar-refractivity contribution is 5.73. The summed E-state index contributed by atoms with van der Waals surface area (Å²) in [6, 6.07) is -0.0821. The predicted octanol–water partition coefficient (Wildman–Crippen LogP) is -0.163. The maximum absolute atomic E-state index is 11.1.